The number of nitrogen functional groups attached to an aromatic ring is 1. The minimum Gasteiger partial charge on any atom is -0.496 e. The quantitative estimate of drug-likeness (QED) is 0.620. The summed E-state index contributed by atoms with van der Waals surface area (Å²) in [5.41, 5.74) is 6.68. The molecular formula is C24H23F2N3O3. The number of halogens is 2. The van der Waals surface area contributed by atoms with Crippen molar-refractivity contribution in [2.45, 2.75) is 18.8 Å². The standard InChI is InChI=1S/C24H23F2N3O3/c1-31-22-13-23(27)28-14-20(22)15-8-10-29(11-9-15)24(30)19-7-6-18(12-21(19)26)32-17-4-2-16(25)3-5-17/h2-7,12-15H,8-11H2,1H3,(H2,27,28). The molecule has 8 heteroatoms. The van der Waals surface area contributed by atoms with Crippen molar-refractivity contribution < 1.29 is 23.0 Å². The van der Waals surface area contributed by atoms with E-state index in [4.69, 9.17) is 15.2 Å². The average molecular weight is 439 g/mol. The molecule has 4 rings (SSSR count). The average Bonchev–Trinajstić information content (AvgIpc) is 2.80. The Labute approximate surface area is 184 Å². The predicted octanol–water partition coefficient (Wildman–Crippen LogP) is 4.76. The van der Waals surface area contributed by atoms with Gasteiger partial charge in [0.15, 0.2) is 0 Å². The molecule has 1 fully saturated rings. The molecular weight excluding hydrogens is 416 g/mol. The van der Waals surface area contributed by atoms with E-state index in [2.05, 4.69) is 4.98 Å². The molecule has 0 spiro atoms. The van der Waals surface area contributed by atoms with Crippen molar-refractivity contribution >= 4 is 11.7 Å². The van der Waals surface area contributed by atoms with Gasteiger partial charge in [0.25, 0.3) is 5.91 Å². The Kier molecular flexibility index (Phi) is 6.20. The molecule has 0 bridgehead atoms. The van der Waals surface area contributed by atoms with Gasteiger partial charge < -0.3 is 20.1 Å². The van der Waals surface area contributed by atoms with E-state index in [1.165, 1.54) is 36.4 Å². The number of aromatic nitrogens is 1. The maximum Gasteiger partial charge on any atom is 0.256 e. The molecule has 1 aliphatic rings. The highest BCUT2D eigenvalue weighted by atomic mass is 19.1. The van der Waals surface area contributed by atoms with E-state index < -0.39 is 5.82 Å². The fourth-order valence-corrected chi connectivity index (χ4v) is 3.88. The highest BCUT2D eigenvalue weighted by molar-refractivity contribution is 5.94. The van der Waals surface area contributed by atoms with Crippen LogP contribution in [0.3, 0.4) is 0 Å². The van der Waals surface area contributed by atoms with Crippen LogP contribution in [0.25, 0.3) is 0 Å². The van der Waals surface area contributed by atoms with Gasteiger partial charge in [0.2, 0.25) is 0 Å². The van der Waals surface area contributed by atoms with E-state index in [9.17, 15) is 13.6 Å². The Morgan fingerprint density at radius 2 is 1.75 bits per heavy atom. The van der Waals surface area contributed by atoms with Crippen molar-refractivity contribution in [1.29, 1.82) is 0 Å². The van der Waals surface area contributed by atoms with Gasteiger partial charge in [0, 0.05) is 37.0 Å². The molecule has 166 valence electrons. The second kappa shape index (κ2) is 9.21. The third kappa shape index (κ3) is 4.64. The minimum absolute atomic E-state index is 0.0124. The van der Waals surface area contributed by atoms with E-state index in [1.54, 1.807) is 24.3 Å². The Morgan fingerprint density at radius 3 is 2.41 bits per heavy atom. The van der Waals surface area contributed by atoms with E-state index >= 15 is 0 Å². The fourth-order valence-electron chi connectivity index (χ4n) is 3.88. The number of nitrogens with two attached hydrogens (primary N) is 1. The lowest BCUT2D eigenvalue weighted by atomic mass is 9.89. The Morgan fingerprint density at radius 1 is 1.06 bits per heavy atom. The second-order valence-corrected chi connectivity index (χ2v) is 7.62. The van der Waals surface area contributed by atoms with Crippen LogP contribution in [0.15, 0.2) is 54.7 Å². The second-order valence-electron chi connectivity index (χ2n) is 7.62. The molecule has 2 aromatic carbocycles. The van der Waals surface area contributed by atoms with Crippen LogP contribution in [-0.4, -0.2) is 36.0 Å². The number of pyridine rings is 1. The molecule has 2 N–H and O–H groups in total. The number of ether oxygens (including phenoxy) is 2. The van der Waals surface area contributed by atoms with Gasteiger partial charge in [0.05, 0.1) is 12.7 Å². The summed E-state index contributed by atoms with van der Waals surface area (Å²) in [7, 11) is 1.59. The summed E-state index contributed by atoms with van der Waals surface area (Å²) in [6, 6.07) is 11.2. The lowest BCUT2D eigenvalue weighted by molar-refractivity contribution is 0.0707. The minimum atomic E-state index is -0.666. The van der Waals surface area contributed by atoms with Crippen LogP contribution in [0.2, 0.25) is 0 Å². The van der Waals surface area contributed by atoms with Crippen LogP contribution in [0.4, 0.5) is 14.6 Å². The van der Waals surface area contributed by atoms with Crippen molar-refractivity contribution in [3.05, 3.63) is 77.5 Å². The maximum absolute atomic E-state index is 14.7. The Hall–Kier alpha value is -3.68. The first-order valence-electron chi connectivity index (χ1n) is 10.3. The van der Waals surface area contributed by atoms with Crippen LogP contribution in [-0.2, 0) is 0 Å². The zero-order valence-corrected chi connectivity index (χ0v) is 17.6. The molecule has 0 unspecified atom stereocenters. The lowest BCUT2D eigenvalue weighted by Crippen LogP contribution is -2.38. The number of benzene rings is 2. The summed E-state index contributed by atoms with van der Waals surface area (Å²) in [6.07, 6.45) is 3.14. The largest absolute Gasteiger partial charge is 0.496 e. The number of nitrogens with zero attached hydrogens (tertiary/aromatic N) is 2. The Bertz CT molecular complexity index is 1110. The van der Waals surface area contributed by atoms with Gasteiger partial charge in [-0.05, 0) is 55.2 Å². The summed E-state index contributed by atoms with van der Waals surface area (Å²) in [5, 5.41) is 0. The van der Waals surface area contributed by atoms with Crippen LogP contribution < -0.4 is 15.2 Å². The summed E-state index contributed by atoms with van der Waals surface area (Å²) < 4.78 is 38.6. The van der Waals surface area contributed by atoms with Crippen molar-refractivity contribution in [2.75, 3.05) is 25.9 Å². The number of hydrogen-bond acceptors (Lipinski definition) is 5. The zero-order chi connectivity index (χ0) is 22.7. The van der Waals surface area contributed by atoms with Crippen molar-refractivity contribution in [1.82, 2.24) is 9.88 Å². The van der Waals surface area contributed by atoms with E-state index in [-0.39, 0.29) is 29.0 Å². The zero-order valence-electron chi connectivity index (χ0n) is 17.6. The lowest BCUT2D eigenvalue weighted by Gasteiger charge is -2.32. The molecule has 32 heavy (non-hydrogen) atoms. The number of methoxy groups -OCH3 is 1. The fraction of sp³-hybridized carbons (Fsp3) is 0.250. The molecule has 6 nitrogen and oxygen atoms in total. The molecule has 3 aromatic rings. The maximum atomic E-state index is 14.7. The summed E-state index contributed by atoms with van der Waals surface area (Å²) in [6.45, 7) is 0.981. The third-order valence-electron chi connectivity index (χ3n) is 5.58. The molecule has 0 radical (unpaired) electrons. The summed E-state index contributed by atoms with van der Waals surface area (Å²) >= 11 is 0. The van der Waals surface area contributed by atoms with Gasteiger partial charge in [0.1, 0.15) is 34.7 Å². The normalized spacial score (nSPS) is 14.3. The number of piperidine rings is 1. The predicted molar refractivity (Wildman–Crippen MR) is 116 cm³/mol. The van der Waals surface area contributed by atoms with Gasteiger partial charge in [-0.1, -0.05) is 0 Å². The number of likely N-dealkylation sites (tertiary alicyclic amines) is 1. The first-order chi connectivity index (χ1) is 15.4. The van der Waals surface area contributed by atoms with Gasteiger partial charge in [-0.15, -0.1) is 0 Å². The molecule has 1 saturated heterocycles. The van der Waals surface area contributed by atoms with Crippen LogP contribution in [0.5, 0.6) is 17.2 Å². The molecule has 0 saturated carbocycles. The van der Waals surface area contributed by atoms with Gasteiger partial charge in [-0.25, -0.2) is 13.8 Å². The highest BCUT2D eigenvalue weighted by Crippen LogP contribution is 2.35. The van der Waals surface area contributed by atoms with Crippen LogP contribution in [0.1, 0.15) is 34.7 Å². The molecule has 2 heterocycles. The SMILES string of the molecule is COc1cc(N)ncc1C1CCN(C(=O)c2ccc(Oc3ccc(F)cc3)cc2F)CC1. The first kappa shape index (κ1) is 21.5. The number of carbonyl (C=O) groups is 1. The van der Waals surface area contributed by atoms with E-state index in [1.807, 2.05) is 0 Å². The summed E-state index contributed by atoms with van der Waals surface area (Å²) in [5.74, 6) is 0.438. The van der Waals surface area contributed by atoms with Crippen LogP contribution >= 0.6 is 0 Å². The molecule has 1 amide bonds. The monoisotopic (exact) mass is 439 g/mol. The number of rotatable bonds is 5. The number of anilines is 1. The first-order valence-corrected chi connectivity index (χ1v) is 10.3. The van der Waals surface area contributed by atoms with Crippen LogP contribution in [0, 0.1) is 11.6 Å². The molecule has 0 atom stereocenters. The number of amides is 1. The van der Waals surface area contributed by atoms with E-state index in [0.717, 1.165) is 11.6 Å². The molecule has 1 aromatic heterocycles. The smallest absolute Gasteiger partial charge is 0.256 e. The number of hydrogen-bond donors (Lipinski definition) is 1. The molecule has 0 aliphatic carbocycles. The van der Waals surface area contributed by atoms with E-state index in [0.29, 0.717) is 43.2 Å². The van der Waals surface area contributed by atoms with Gasteiger partial charge >= 0.3 is 0 Å². The highest BCUT2D eigenvalue weighted by Gasteiger charge is 2.28. The van der Waals surface area contributed by atoms with Crippen molar-refractivity contribution in [3.8, 4) is 17.2 Å². The Balaban J connectivity index is 1.41. The van der Waals surface area contributed by atoms with Gasteiger partial charge in [-0.2, -0.15) is 0 Å². The third-order valence-corrected chi connectivity index (χ3v) is 5.58. The van der Waals surface area contributed by atoms with Gasteiger partial charge in [-0.3, -0.25) is 4.79 Å². The molecule has 1 aliphatic heterocycles. The summed E-state index contributed by atoms with van der Waals surface area (Å²) in [4.78, 5) is 18.7. The van der Waals surface area contributed by atoms with Crippen molar-refractivity contribution in [3.63, 3.8) is 0 Å². The number of carbonyl (C=O) groups excluding carboxylic acids is 1. The van der Waals surface area contributed by atoms with Crippen molar-refractivity contribution in [2.24, 2.45) is 0 Å². The topological polar surface area (TPSA) is 77.7 Å².